The highest BCUT2D eigenvalue weighted by molar-refractivity contribution is 5.94. The SMILES string of the molecule is CN(CC#N)C(=O)c1cc(F)c(F)c(F)c1. The maximum absolute atomic E-state index is 12.8. The lowest BCUT2D eigenvalue weighted by molar-refractivity contribution is 0.0810. The van der Waals surface area contributed by atoms with Gasteiger partial charge >= 0.3 is 0 Å². The van der Waals surface area contributed by atoms with Crippen molar-refractivity contribution in [1.82, 2.24) is 4.90 Å². The fourth-order valence-corrected chi connectivity index (χ4v) is 1.08. The van der Waals surface area contributed by atoms with Crippen LogP contribution in [0.2, 0.25) is 0 Å². The van der Waals surface area contributed by atoms with Crippen LogP contribution < -0.4 is 0 Å². The first-order valence-corrected chi connectivity index (χ1v) is 4.24. The van der Waals surface area contributed by atoms with Gasteiger partial charge in [0.2, 0.25) is 0 Å². The molecule has 6 heteroatoms. The first kappa shape index (κ1) is 12.0. The number of halogens is 3. The lowest BCUT2D eigenvalue weighted by Crippen LogP contribution is -2.27. The molecule has 0 aliphatic heterocycles. The Morgan fingerprint density at radius 2 is 1.88 bits per heavy atom. The summed E-state index contributed by atoms with van der Waals surface area (Å²) in [6.07, 6.45) is 0. The monoisotopic (exact) mass is 228 g/mol. The van der Waals surface area contributed by atoms with E-state index >= 15 is 0 Å². The number of rotatable bonds is 2. The zero-order valence-electron chi connectivity index (χ0n) is 8.30. The summed E-state index contributed by atoms with van der Waals surface area (Å²) in [5.74, 6) is -5.25. The fraction of sp³-hybridized carbons (Fsp3) is 0.200. The first-order chi connectivity index (χ1) is 7.47. The van der Waals surface area contributed by atoms with Crippen LogP contribution in [0.4, 0.5) is 13.2 Å². The molecule has 1 aromatic carbocycles. The molecule has 0 unspecified atom stereocenters. The Labute approximate surface area is 89.7 Å². The van der Waals surface area contributed by atoms with Crippen molar-refractivity contribution < 1.29 is 18.0 Å². The Morgan fingerprint density at radius 3 is 2.31 bits per heavy atom. The summed E-state index contributed by atoms with van der Waals surface area (Å²) in [7, 11) is 1.30. The molecule has 0 saturated carbocycles. The molecule has 16 heavy (non-hydrogen) atoms. The standard InChI is InChI=1S/C10H7F3N2O/c1-15(3-2-14)10(16)6-4-7(11)9(13)8(12)5-6/h4-5H,3H2,1H3. The molecule has 0 aliphatic rings. The molecular formula is C10H7F3N2O. The van der Waals surface area contributed by atoms with Crippen molar-refractivity contribution in [3.05, 3.63) is 35.1 Å². The second-order valence-electron chi connectivity index (χ2n) is 3.07. The van der Waals surface area contributed by atoms with Crippen LogP contribution in [0.3, 0.4) is 0 Å². The van der Waals surface area contributed by atoms with Gasteiger partial charge < -0.3 is 4.90 Å². The van der Waals surface area contributed by atoms with Gasteiger partial charge in [0.1, 0.15) is 6.54 Å². The molecule has 0 saturated heterocycles. The molecule has 0 aromatic heterocycles. The smallest absolute Gasteiger partial charge is 0.254 e. The average Bonchev–Trinajstić information content (AvgIpc) is 2.24. The van der Waals surface area contributed by atoms with E-state index in [-0.39, 0.29) is 12.1 Å². The quantitative estimate of drug-likeness (QED) is 0.571. The van der Waals surface area contributed by atoms with E-state index < -0.39 is 23.4 Å². The van der Waals surface area contributed by atoms with E-state index in [4.69, 9.17) is 5.26 Å². The predicted octanol–water partition coefficient (Wildman–Crippen LogP) is 1.70. The highest BCUT2D eigenvalue weighted by Crippen LogP contribution is 2.14. The van der Waals surface area contributed by atoms with E-state index in [2.05, 4.69) is 0 Å². The van der Waals surface area contributed by atoms with Crippen molar-refractivity contribution in [3.8, 4) is 6.07 Å². The molecule has 0 atom stereocenters. The van der Waals surface area contributed by atoms with Crippen LogP contribution in [0.25, 0.3) is 0 Å². The second kappa shape index (κ2) is 4.66. The maximum Gasteiger partial charge on any atom is 0.254 e. The summed E-state index contributed by atoms with van der Waals surface area (Å²) in [6, 6.07) is 2.89. The van der Waals surface area contributed by atoms with Gasteiger partial charge in [-0.25, -0.2) is 13.2 Å². The molecule has 0 heterocycles. The molecular weight excluding hydrogens is 221 g/mol. The van der Waals surface area contributed by atoms with Crippen molar-refractivity contribution in [2.75, 3.05) is 13.6 Å². The second-order valence-corrected chi connectivity index (χ2v) is 3.07. The molecule has 0 aliphatic carbocycles. The molecule has 0 fully saturated rings. The van der Waals surface area contributed by atoms with Crippen LogP contribution in [0.1, 0.15) is 10.4 Å². The molecule has 1 amide bonds. The number of hydrogen-bond acceptors (Lipinski definition) is 2. The molecule has 0 bridgehead atoms. The number of amides is 1. The normalized spacial score (nSPS) is 9.69. The van der Waals surface area contributed by atoms with Gasteiger partial charge in [-0.3, -0.25) is 4.79 Å². The van der Waals surface area contributed by atoms with E-state index in [1.165, 1.54) is 7.05 Å². The van der Waals surface area contributed by atoms with E-state index in [1.807, 2.05) is 0 Å². The zero-order valence-corrected chi connectivity index (χ0v) is 8.30. The topological polar surface area (TPSA) is 44.1 Å². The third-order valence-electron chi connectivity index (χ3n) is 1.89. The highest BCUT2D eigenvalue weighted by atomic mass is 19.2. The van der Waals surface area contributed by atoms with Crippen LogP contribution in [-0.2, 0) is 0 Å². The van der Waals surface area contributed by atoms with Crippen molar-refractivity contribution in [2.45, 2.75) is 0 Å². The lowest BCUT2D eigenvalue weighted by Gasteiger charge is -2.13. The van der Waals surface area contributed by atoms with Crippen molar-refractivity contribution in [3.63, 3.8) is 0 Å². The largest absolute Gasteiger partial charge is 0.328 e. The Morgan fingerprint density at radius 1 is 1.38 bits per heavy atom. The average molecular weight is 228 g/mol. The number of carbonyl (C=O) groups is 1. The van der Waals surface area contributed by atoms with E-state index in [1.54, 1.807) is 6.07 Å². The van der Waals surface area contributed by atoms with Crippen molar-refractivity contribution in [1.29, 1.82) is 5.26 Å². The van der Waals surface area contributed by atoms with Gasteiger partial charge in [0.05, 0.1) is 6.07 Å². The summed E-state index contributed by atoms with van der Waals surface area (Å²) < 4.78 is 38.2. The van der Waals surface area contributed by atoms with Gasteiger partial charge in [-0.2, -0.15) is 5.26 Å². The predicted molar refractivity (Wildman–Crippen MR) is 48.9 cm³/mol. The Balaban J connectivity index is 3.07. The molecule has 84 valence electrons. The third kappa shape index (κ3) is 2.31. The fourth-order valence-electron chi connectivity index (χ4n) is 1.08. The minimum atomic E-state index is -1.63. The number of hydrogen-bond donors (Lipinski definition) is 0. The van der Waals surface area contributed by atoms with Gasteiger partial charge in [-0.1, -0.05) is 0 Å². The molecule has 3 nitrogen and oxygen atoms in total. The Hall–Kier alpha value is -2.03. The van der Waals surface area contributed by atoms with Gasteiger partial charge in [-0.05, 0) is 12.1 Å². The highest BCUT2D eigenvalue weighted by Gasteiger charge is 2.17. The molecule has 0 spiro atoms. The van der Waals surface area contributed by atoms with E-state index in [0.717, 1.165) is 4.90 Å². The Bertz CT molecular complexity index is 445. The van der Waals surface area contributed by atoms with Gasteiger partial charge in [0, 0.05) is 12.6 Å². The third-order valence-corrected chi connectivity index (χ3v) is 1.89. The Kier molecular flexibility index (Phi) is 3.51. The minimum absolute atomic E-state index is 0.223. The van der Waals surface area contributed by atoms with Gasteiger partial charge in [0.15, 0.2) is 17.5 Å². The van der Waals surface area contributed by atoms with E-state index in [0.29, 0.717) is 12.1 Å². The molecule has 1 rings (SSSR count). The number of nitriles is 1. The minimum Gasteiger partial charge on any atom is -0.328 e. The first-order valence-electron chi connectivity index (χ1n) is 4.24. The molecule has 1 aromatic rings. The molecule has 0 radical (unpaired) electrons. The summed E-state index contributed by atoms with van der Waals surface area (Å²) in [5, 5.41) is 8.33. The summed E-state index contributed by atoms with van der Waals surface area (Å²) in [5.41, 5.74) is -0.339. The number of carbonyl (C=O) groups excluding carboxylic acids is 1. The van der Waals surface area contributed by atoms with Gasteiger partial charge in [-0.15, -0.1) is 0 Å². The summed E-state index contributed by atoms with van der Waals surface area (Å²) in [4.78, 5) is 12.4. The maximum atomic E-state index is 12.8. The van der Waals surface area contributed by atoms with Gasteiger partial charge in [0.25, 0.3) is 5.91 Å². The molecule has 0 N–H and O–H groups in total. The van der Waals surface area contributed by atoms with E-state index in [9.17, 15) is 18.0 Å². The van der Waals surface area contributed by atoms with Crippen molar-refractivity contribution >= 4 is 5.91 Å². The van der Waals surface area contributed by atoms with Crippen LogP contribution in [0, 0.1) is 28.8 Å². The lowest BCUT2D eigenvalue weighted by atomic mass is 10.2. The zero-order chi connectivity index (χ0) is 12.3. The van der Waals surface area contributed by atoms with Crippen LogP contribution in [0.15, 0.2) is 12.1 Å². The summed E-state index contributed by atoms with van der Waals surface area (Å²) >= 11 is 0. The van der Waals surface area contributed by atoms with Crippen LogP contribution in [-0.4, -0.2) is 24.4 Å². The number of nitrogens with zero attached hydrogens (tertiary/aromatic N) is 2. The van der Waals surface area contributed by atoms with Crippen LogP contribution in [0.5, 0.6) is 0 Å². The van der Waals surface area contributed by atoms with Crippen LogP contribution >= 0.6 is 0 Å². The number of benzene rings is 1. The van der Waals surface area contributed by atoms with Crippen molar-refractivity contribution in [2.24, 2.45) is 0 Å². The summed E-state index contributed by atoms with van der Waals surface area (Å²) in [6.45, 7) is -0.223.